The Labute approximate surface area is 107 Å². The number of carbonyl (C=O) groups is 2. The van der Waals surface area contributed by atoms with E-state index in [1.807, 2.05) is 13.2 Å². The van der Waals surface area contributed by atoms with Gasteiger partial charge in [-0.2, -0.15) is 11.8 Å². The average molecular weight is 262 g/mol. The minimum atomic E-state index is -0.925. The number of carboxylic acid groups (broad SMARTS) is 1. The number of rotatable bonds is 7. The van der Waals surface area contributed by atoms with E-state index in [2.05, 4.69) is 10.6 Å². The number of nitrogens with one attached hydrogen (secondary N) is 2. The molecule has 17 heavy (non-hydrogen) atoms. The summed E-state index contributed by atoms with van der Waals surface area (Å²) >= 11 is 1.73. The quantitative estimate of drug-likeness (QED) is 0.652. The third kappa shape index (κ3) is 8.85. The first-order valence-electron chi connectivity index (χ1n) is 5.56. The first-order valence-corrected chi connectivity index (χ1v) is 6.95. The Bertz CT molecular complexity index is 269. The molecular weight excluding hydrogens is 240 g/mol. The molecule has 100 valence electrons. The van der Waals surface area contributed by atoms with E-state index in [0.717, 1.165) is 12.2 Å². The molecule has 0 rings (SSSR count). The van der Waals surface area contributed by atoms with Crippen molar-refractivity contribution >= 4 is 23.8 Å². The Morgan fingerprint density at radius 1 is 1.41 bits per heavy atom. The van der Waals surface area contributed by atoms with Crippen LogP contribution in [0.1, 0.15) is 33.6 Å². The van der Waals surface area contributed by atoms with Gasteiger partial charge in [0.25, 0.3) is 0 Å². The minimum absolute atomic E-state index is 0.0862. The Hall–Kier alpha value is -0.910. The summed E-state index contributed by atoms with van der Waals surface area (Å²) in [5.74, 6) is 0.0608. The number of carboxylic acids is 1. The molecule has 0 fully saturated rings. The van der Waals surface area contributed by atoms with Crippen LogP contribution in [0.3, 0.4) is 0 Å². The van der Waals surface area contributed by atoms with Crippen molar-refractivity contribution in [1.29, 1.82) is 0 Å². The van der Waals surface area contributed by atoms with E-state index in [-0.39, 0.29) is 18.5 Å². The van der Waals surface area contributed by atoms with Crippen molar-refractivity contribution in [3.63, 3.8) is 0 Å². The molecule has 1 atom stereocenters. The normalized spacial score (nSPS) is 12.9. The van der Waals surface area contributed by atoms with E-state index in [1.165, 1.54) is 0 Å². The lowest BCUT2D eigenvalue weighted by Crippen LogP contribution is -2.51. The summed E-state index contributed by atoms with van der Waals surface area (Å²) in [6.07, 6.45) is 2.82. The zero-order chi connectivity index (χ0) is 13.5. The second-order valence-corrected chi connectivity index (χ2v) is 5.72. The SMILES string of the molecule is CSCCC(C)NC(=O)NC(C)(C)CC(=O)O. The molecular formula is C11H22N2O3S. The van der Waals surface area contributed by atoms with Gasteiger partial charge in [-0.15, -0.1) is 0 Å². The zero-order valence-corrected chi connectivity index (χ0v) is 11.7. The largest absolute Gasteiger partial charge is 0.481 e. The highest BCUT2D eigenvalue weighted by Gasteiger charge is 2.24. The van der Waals surface area contributed by atoms with Crippen molar-refractivity contribution in [1.82, 2.24) is 10.6 Å². The highest BCUT2D eigenvalue weighted by molar-refractivity contribution is 7.98. The molecule has 0 spiro atoms. The molecule has 0 aromatic rings. The van der Waals surface area contributed by atoms with E-state index in [0.29, 0.717) is 0 Å². The summed E-state index contributed by atoms with van der Waals surface area (Å²) in [5.41, 5.74) is -0.741. The van der Waals surface area contributed by atoms with Crippen molar-refractivity contribution in [2.75, 3.05) is 12.0 Å². The summed E-state index contributed by atoms with van der Waals surface area (Å²) in [7, 11) is 0. The van der Waals surface area contributed by atoms with Crippen molar-refractivity contribution in [3.8, 4) is 0 Å². The molecule has 0 aliphatic rings. The predicted octanol–water partition coefficient (Wildman–Crippen LogP) is 1.68. The number of aliphatic carboxylic acids is 1. The fourth-order valence-corrected chi connectivity index (χ4v) is 1.95. The molecule has 0 saturated heterocycles. The van der Waals surface area contributed by atoms with Gasteiger partial charge in [-0.1, -0.05) is 0 Å². The van der Waals surface area contributed by atoms with Crippen LogP contribution in [0.25, 0.3) is 0 Å². The number of carbonyl (C=O) groups excluding carboxylic acids is 1. The van der Waals surface area contributed by atoms with Gasteiger partial charge in [-0.05, 0) is 39.2 Å². The summed E-state index contributed by atoms with van der Waals surface area (Å²) in [6.45, 7) is 5.31. The standard InChI is InChI=1S/C11H22N2O3S/c1-8(5-6-17-4)12-10(16)13-11(2,3)7-9(14)15/h8H,5-7H2,1-4H3,(H,14,15)(H2,12,13,16). The highest BCUT2D eigenvalue weighted by Crippen LogP contribution is 2.08. The molecule has 0 aliphatic heterocycles. The van der Waals surface area contributed by atoms with E-state index < -0.39 is 11.5 Å². The molecule has 3 N–H and O–H groups in total. The number of hydrogen-bond acceptors (Lipinski definition) is 3. The molecule has 6 heteroatoms. The van der Waals surface area contributed by atoms with Gasteiger partial charge < -0.3 is 15.7 Å². The smallest absolute Gasteiger partial charge is 0.315 e. The van der Waals surface area contributed by atoms with Crippen molar-refractivity contribution in [2.24, 2.45) is 0 Å². The number of thioether (sulfide) groups is 1. The summed E-state index contributed by atoms with van der Waals surface area (Å²) in [5, 5.41) is 14.1. The molecule has 1 unspecified atom stereocenters. The van der Waals surface area contributed by atoms with E-state index in [4.69, 9.17) is 5.11 Å². The lowest BCUT2D eigenvalue weighted by molar-refractivity contribution is -0.138. The van der Waals surface area contributed by atoms with Gasteiger partial charge in [0.15, 0.2) is 0 Å². The fourth-order valence-electron chi connectivity index (χ4n) is 1.36. The van der Waals surface area contributed by atoms with E-state index in [9.17, 15) is 9.59 Å². The zero-order valence-electron chi connectivity index (χ0n) is 10.9. The molecule has 0 saturated carbocycles. The average Bonchev–Trinajstić information content (AvgIpc) is 2.10. The summed E-state index contributed by atoms with van der Waals surface area (Å²) in [6, 6.07) is -0.229. The molecule has 0 aromatic carbocycles. The minimum Gasteiger partial charge on any atom is -0.481 e. The second-order valence-electron chi connectivity index (χ2n) is 4.74. The monoisotopic (exact) mass is 262 g/mol. The van der Waals surface area contributed by atoms with Gasteiger partial charge in [-0.25, -0.2) is 4.79 Å². The van der Waals surface area contributed by atoms with Crippen LogP contribution in [0, 0.1) is 0 Å². The molecule has 2 amide bonds. The van der Waals surface area contributed by atoms with Crippen molar-refractivity contribution < 1.29 is 14.7 Å². The molecule has 0 heterocycles. The third-order valence-electron chi connectivity index (χ3n) is 2.18. The van der Waals surface area contributed by atoms with Gasteiger partial charge >= 0.3 is 12.0 Å². The molecule has 0 radical (unpaired) electrons. The van der Waals surface area contributed by atoms with E-state index >= 15 is 0 Å². The Morgan fingerprint density at radius 3 is 2.47 bits per heavy atom. The van der Waals surface area contributed by atoms with Crippen LogP contribution in [0.4, 0.5) is 4.79 Å². The van der Waals surface area contributed by atoms with Crippen LogP contribution in [0.15, 0.2) is 0 Å². The lowest BCUT2D eigenvalue weighted by atomic mass is 10.0. The molecule has 0 aliphatic carbocycles. The van der Waals surface area contributed by atoms with Gasteiger partial charge in [0.1, 0.15) is 0 Å². The van der Waals surface area contributed by atoms with Gasteiger partial charge in [0, 0.05) is 11.6 Å². The van der Waals surface area contributed by atoms with Gasteiger partial charge in [0.2, 0.25) is 0 Å². The maximum atomic E-state index is 11.6. The Morgan fingerprint density at radius 2 is 2.00 bits per heavy atom. The Balaban J connectivity index is 4.03. The molecule has 0 aromatic heterocycles. The van der Waals surface area contributed by atoms with Crippen LogP contribution >= 0.6 is 11.8 Å². The lowest BCUT2D eigenvalue weighted by Gasteiger charge is -2.25. The third-order valence-corrected chi connectivity index (χ3v) is 2.82. The predicted molar refractivity (Wildman–Crippen MR) is 70.5 cm³/mol. The first kappa shape index (κ1) is 16.1. The van der Waals surface area contributed by atoms with Crippen molar-refractivity contribution in [2.45, 2.75) is 45.2 Å². The maximum Gasteiger partial charge on any atom is 0.315 e. The first-order chi connectivity index (χ1) is 7.76. The number of urea groups is 1. The molecule has 0 bridgehead atoms. The van der Waals surface area contributed by atoms with Gasteiger partial charge in [0.05, 0.1) is 6.42 Å². The van der Waals surface area contributed by atoms with Crippen LogP contribution in [-0.4, -0.2) is 40.7 Å². The second kappa shape index (κ2) is 7.42. The summed E-state index contributed by atoms with van der Waals surface area (Å²) < 4.78 is 0. The van der Waals surface area contributed by atoms with Crippen LogP contribution < -0.4 is 10.6 Å². The van der Waals surface area contributed by atoms with Crippen LogP contribution in [-0.2, 0) is 4.79 Å². The highest BCUT2D eigenvalue weighted by atomic mass is 32.2. The van der Waals surface area contributed by atoms with Crippen LogP contribution in [0.5, 0.6) is 0 Å². The molecule has 5 nitrogen and oxygen atoms in total. The van der Waals surface area contributed by atoms with Crippen molar-refractivity contribution in [3.05, 3.63) is 0 Å². The Kier molecular flexibility index (Phi) is 7.03. The topological polar surface area (TPSA) is 78.4 Å². The maximum absolute atomic E-state index is 11.6. The number of amides is 2. The van der Waals surface area contributed by atoms with E-state index in [1.54, 1.807) is 25.6 Å². The van der Waals surface area contributed by atoms with Gasteiger partial charge in [-0.3, -0.25) is 4.79 Å². The summed E-state index contributed by atoms with van der Waals surface area (Å²) in [4.78, 5) is 22.2. The number of hydrogen-bond donors (Lipinski definition) is 3. The van der Waals surface area contributed by atoms with Crippen LogP contribution in [0.2, 0.25) is 0 Å². The fraction of sp³-hybridized carbons (Fsp3) is 0.818.